The van der Waals surface area contributed by atoms with Crippen LogP contribution in [0.15, 0.2) is 42.6 Å². The van der Waals surface area contributed by atoms with E-state index >= 15 is 0 Å². The minimum Gasteiger partial charge on any atom is -0.334 e. The van der Waals surface area contributed by atoms with Crippen molar-refractivity contribution in [1.82, 2.24) is 15.1 Å². The van der Waals surface area contributed by atoms with Gasteiger partial charge in [-0.25, -0.2) is 0 Å². The van der Waals surface area contributed by atoms with E-state index < -0.39 is 0 Å². The summed E-state index contributed by atoms with van der Waals surface area (Å²) in [6.07, 6.45) is 7.85. The standard InChI is InChI=1S/C22H27ClN4O/c23-18-4-1-3-17(13-18)22(15-24)10-8-19(9-11-22)27(14-16-6-7-16)21(28)20-5-2-12-25-26-20/h1-5,12-13,16,19H,6-11,14-15,24H2/t19-,22-. The zero-order chi connectivity index (χ0) is 19.6. The lowest BCUT2D eigenvalue weighted by Crippen LogP contribution is -2.48. The minimum atomic E-state index is -0.0533. The number of hydrogen-bond donors (Lipinski definition) is 1. The molecule has 5 nitrogen and oxygen atoms in total. The summed E-state index contributed by atoms with van der Waals surface area (Å²) in [7, 11) is 0. The van der Waals surface area contributed by atoms with Gasteiger partial charge in [-0.2, -0.15) is 5.10 Å². The third kappa shape index (κ3) is 4.06. The number of halogens is 1. The first kappa shape index (κ1) is 19.3. The van der Waals surface area contributed by atoms with Crippen molar-refractivity contribution in [3.8, 4) is 0 Å². The van der Waals surface area contributed by atoms with E-state index in [1.165, 1.54) is 18.4 Å². The van der Waals surface area contributed by atoms with E-state index in [2.05, 4.69) is 21.2 Å². The van der Waals surface area contributed by atoms with Crippen LogP contribution in [-0.4, -0.2) is 40.1 Å². The number of hydrogen-bond acceptors (Lipinski definition) is 4. The molecule has 0 bridgehead atoms. The van der Waals surface area contributed by atoms with Crippen LogP contribution in [0.1, 0.15) is 54.6 Å². The molecule has 28 heavy (non-hydrogen) atoms. The Morgan fingerprint density at radius 1 is 1.18 bits per heavy atom. The van der Waals surface area contributed by atoms with Gasteiger partial charge in [-0.1, -0.05) is 23.7 Å². The second-order valence-corrected chi connectivity index (χ2v) is 8.67. The number of carbonyl (C=O) groups excluding carboxylic acids is 1. The van der Waals surface area contributed by atoms with Crippen LogP contribution in [0.3, 0.4) is 0 Å². The van der Waals surface area contributed by atoms with E-state index in [1.807, 2.05) is 18.2 Å². The lowest BCUT2D eigenvalue weighted by Gasteiger charge is -2.43. The summed E-state index contributed by atoms with van der Waals surface area (Å²) < 4.78 is 0. The van der Waals surface area contributed by atoms with E-state index in [9.17, 15) is 4.79 Å². The Balaban J connectivity index is 1.51. The van der Waals surface area contributed by atoms with Gasteiger partial charge in [-0.05, 0) is 74.3 Å². The first-order valence-corrected chi connectivity index (χ1v) is 10.5. The fourth-order valence-electron chi connectivity index (χ4n) is 4.43. The summed E-state index contributed by atoms with van der Waals surface area (Å²) in [5.41, 5.74) is 7.84. The molecule has 6 heteroatoms. The molecular formula is C22H27ClN4O. The van der Waals surface area contributed by atoms with Crippen molar-refractivity contribution in [2.45, 2.75) is 50.0 Å². The van der Waals surface area contributed by atoms with Crippen LogP contribution < -0.4 is 5.73 Å². The van der Waals surface area contributed by atoms with Crippen molar-refractivity contribution in [2.75, 3.05) is 13.1 Å². The Morgan fingerprint density at radius 2 is 1.96 bits per heavy atom. The minimum absolute atomic E-state index is 0.00741. The first-order valence-electron chi connectivity index (χ1n) is 10.2. The van der Waals surface area contributed by atoms with E-state index in [1.54, 1.807) is 18.3 Å². The highest BCUT2D eigenvalue weighted by Gasteiger charge is 2.40. The molecule has 1 heterocycles. The number of nitrogens with two attached hydrogens (primary N) is 1. The van der Waals surface area contributed by atoms with Crippen molar-refractivity contribution in [2.24, 2.45) is 11.7 Å². The van der Waals surface area contributed by atoms with Crippen LogP contribution in [0.25, 0.3) is 0 Å². The topological polar surface area (TPSA) is 72.1 Å². The number of nitrogens with zero attached hydrogens (tertiary/aromatic N) is 3. The summed E-state index contributed by atoms with van der Waals surface area (Å²) >= 11 is 6.23. The molecule has 2 saturated carbocycles. The van der Waals surface area contributed by atoms with Crippen molar-refractivity contribution in [1.29, 1.82) is 0 Å². The highest BCUT2D eigenvalue weighted by Crippen LogP contribution is 2.42. The van der Waals surface area contributed by atoms with Crippen LogP contribution in [0.2, 0.25) is 5.02 Å². The Morgan fingerprint density at radius 3 is 2.57 bits per heavy atom. The number of benzene rings is 1. The second kappa shape index (κ2) is 8.18. The third-order valence-corrected chi connectivity index (χ3v) is 6.62. The molecule has 0 aliphatic heterocycles. The zero-order valence-corrected chi connectivity index (χ0v) is 16.8. The molecule has 148 valence electrons. The van der Waals surface area contributed by atoms with Crippen LogP contribution in [-0.2, 0) is 5.41 Å². The molecule has 1 aromatic heterocycles. The maximum atomic E-state index is 13.1. The summed E-state index contributed by atoms with van der Waals surface area (Å²) in [4.78, 5) is 15.2. The van der Waals surface area contributed by atoms with Gasteiger partial charge in [-0.15, -0.1) is 5.10 Å². The normalized spacial score (nSPS) is 24.7. The van der Waals surface area contributed by atoms with E-state index in [0.717, 1.165) is 37.3 Å². The summed E-state index contributed by atoms with van der Waals surface area (Å²) in [5, 5.41) is 8.68. The number of aromatic nitrogens is 2. The molecule has 0 spiro atoms. The first-order chi connectivity index (χ1) is 13.6. The SMILES string of the molecule is NC[C@]1(c2cccc(Cl)c2)CC[C@H](N(CC2CC2)C(=O)c2cccnn2)CC1. The average molecular weight is 399 g/mol. The van der Waals surface area contributed by atoms with E-state index in [-0.39, 0.29) is 17.4 Å². The van der Waals surface area contributed by atoms with Gasteiger partial charge >= 0.3 is 0 Å². The van der Waals surface area contributed by atoms with Crippen LogP contribution in [0.4, 0.5) is 0 Å². The smallest absolute Gasteiger partial charge is 0.274 e. The summed E-state index contributed by atoms with van der Waals surface area (Å²) in [5.74, 6) is 0.641. The van der Waals surface area contributed by atoms with Crippen molar-refractivity contribution < 1.29 is 4.79 Å². The van der Waals surface area contributed by atoms with Crippen molar-refractivity contribution in [3.63, 3.8) is 0 Å². The molecule has 0 atom stereocenters. The molecule has 0 saturated heterocycles. The summed E-state index contributed by atoms with van der Waals surface area (Å²) in [6, 6.07) is 11.8. The fourth-order valence-corrected chi connectivity index (χ4v) is 4.63. The van der Waals surface area contributed by atoms with Crippen LogP contribution in [0, 0.1) is 5.92 Å². The second-order valence-electron chi connectivity index (χ2n) is 8.24. The lowest BCUT2D eigenvalue weighted by atomic mass is 9.68. The molecular weight excluding hydrogens is 372 g/mol. The zero-order valence-electron chi connectivity index (χ0n) is 16.1. The van der Waals surface area contributed by atoms with E-state index in [0.29, 0.717) is 18.2 Å². The quantitative estimate of drug-likeness (QED) is 0.802. The number of amides is 1. The van der Waals surface area contributed by atoms with Gasteiger partial charge in [0.05, 0.1) is 0 Å². The molecule has 0 unspecified atom stereocenters. The molecule has 1 aromatic carbocycles. The monoisotopic (exact) mass is 398 g/mol. The van der Waals surface area contributed by atoms with Gasteiger partial charge < -0.3 is 10.6 Å². The molecule has 2 aliphatic carbocycles. The Labute approximate surface area is 171 Å². The van der Waals surface area contributed by atoms with Gasteiger partial charge in [0, 0.05) is 35.8 Å². The maximum absolute atomic E-state index is 13.1. The van der Waals surface area contributed by atoms with Gasteiger partial charge in [-0.3, -0.25) is 4.79 Å². The Kier molecular flexibility index (Phi) is 5.65. The Bertz CT molecular complexity index is 816. The predicted octanol–water partition coefficient (Wildman–Crippen LogP) is 3.82. The highest BCUT2D eigenvalue weighted by molar-refractivity contribution is 6.30. The lowest BCUT2D eigenvalue weighted by molar-refractivity contribution is 0.0574. The predicted molar refractivity (Wildman–Crippen MR) is 110 cm³/mol. The number of rotatable bonds is 6. The molecule has 2 aliphatic rings. The fraction of sp³-hybridized carbons (Fsp3) is 0.500. The molecule has 2 aromatic rings. The van der Waals surface area contributed by atoms with Gasteiger partial charge in [0.15, 0.2) is 5.69 Å². The van der Waals surface area contributed by atoms with Crippen LogP contribution >= 0.6 is 11.6 Å². The third-order valence-electron chi connectivity index (χ3n) is 6.38. The molecule has 0 radical (unpaired) electrons. The van der Waals surface area contributed by atoms with Gasteiger partial charge in [0.1, 0.15) is 0 Å². The van der Waals surface area contributed by atoms with Crippen molar-refractivity contribution >= 4 is 17.5 Å². The Hall–Kier alpha value is -1.98. The van der Waals surface area contributed by atoms with E-state index in [4.69, 9.17) is 17.3 Å². The van der Waals surface area contributed by atoms with Gasteiger partial charge in [0.2, 0.25) is 0 Å². The molecule has 1 amide bonds. The van der Waals surface area contributed by atoms with Gasteiger partial charge in [0.25, 0.3) is 5.91 Å². The maximum Gasteiger partial charge on any atom is 0.274 e. The van der Waals surface area contributed by atoms with Crippen molar-refractivity contribution in [3.05, 3.63) is 58.9 Å². The largest absolute Gasteiger partial charge is 0.334 e. The average Bonchev–Trinajstić information content (AvgIpc) is 3.57. The number of carbonyl (C=O) groups is 1. The molecule has 2 fully saturated rings. The molecule has 4 rings (SSSR count). The molecule has 2 N–H and O–H groups in total. The summed E-state index contributed by atoms with van der Waals surface area (Å²) in [6.45, 7) is 1.42. The van der Waals surface area contributed by atoms with Crippen LogP contribution in [0.5, 0.6) is 0 Å². The highest BCUT2D eigenvalue weighted by atomic mass is 35.5.